The van der Waals surface area contributed by atoms with E-state index in [4.69, 9.17) is 10.5 Å². The van der Waals surface area contributed by atoms with Crippen molar-refractivity contribution in [3.63, 3.8) is 0 Å². The lowest BCUT2D eigenvalue weighted by Crippen LogP contribution is -2.20. The Kier molecular flexibility index (Phi) is 5.82. The number of rotatable bonds is 4. The van der Waals surface area contributed by atoms with Gasteiger partial charge in [0.05, 0.1) is 6.61 Å². The van der Waals surface area contributed by atoms with E-state index >= 15 is 0 Å². The van der Waals surface area contributed by atoms with Gasteiger partial charge in [-0.3, -0.25) is 9.59 Å². The van der Waals surface area contributed by atoms with Crippen molar-refractivity contribution in [2.45, 2.75) is 19.8 Å². The summed E-state index contributed by atoms with van der Waals surface area (Å²) >= 11 is 0. The molecule has 5 rings (SSSR count). The van der Waals surface area contributed by atoms with E-state index in [9.17, 15) is 14.0 Å². The molecule has 1 atom stereocenters. The van der Waals surface area contributed by atoms with E-state index in [1.54, 1.807) is 42.9 Å². The largest absolute Gasteiger partial charge is 0.465 e. The second kappa shape index (κ2) is 8.31. The number of fused-ring (bicyclic) bond motifs is 2. The van der Waals surface area contributed by atoms with Gasteiger partial charge in [-0.25, -0.2) is 4.39 Å². The molecule has 0 radical (unpaired) electrons. The van der Waals surface area contributed by atoms with Gasteiger partial charge < -0.3 is 15.0 Å². The van der Waals surface area contributed by atoms with E-state index < -0.39 is 17.7 Å². The van der Waals surface area contributed by atoms with Gasteiger partial charge in [0.1, 0.15) is 11.7 Å². The van der Waals surface area contributed by atoms with Crippen LogP contribution in [0.2, 0.25) is 0 Å². The number of anilines is 1. The fraction of sp³-hybridized carbons (Fsp3) is 0.217. The fourth-order valence-corrected chi connectivity index (χ4v) is 3.27. The summed E-state index contributed by atoms with van der Waals surface area (Å²) in [5.74, 6) is -1.56. The molecule has 3 aromatic rings. The van der Waals surface area contributed by atoms with Gasteiger partial charge in [0.15, 0.2) is 5.78 Å². The van der Waals surface area contributed by atoms with Gasteiger partial charge in [-0.1, -0.05) is 18.2 Å². The highest BCUT2D eigenvalue weighted by Gasteiger charge is 2.28. The summed E-state index contributed by atoms with van der Waals surface area (Å²) in [5.41, 5.74) is 9.65. The Morgan fingerprint density at radius 3 is 2.45 bits per heavy atom. The maximum atomic E-state index is 14.1. The molecular formula is C23H23FN2O3. The maximum absolute atomic E-state index is 14.1. The van der Waals surface area contributed by atoms with Crippen LogP contribution < -0.4 is 5.73 Å². The van der Waals surface area contributed by atoms with Crippen molar-refractivity contribution in [3.05, 3.63) is 88.5 Å². The van der Waals surface area contributed by atoms with E-state index in [-0.39, 0.29) is 18.0 Å². The second-order valence-corrected chi connectivity index (χ2v) is 6.87. The highest BCUT2D eigenvalue weighted by molar-refractivity contribution is 6.17. The van der Waals surface area contributed by atoms with Gasteiger partial charge in [0, 0.05) is 41.3 Å². The number of ether oxygens (including phenoxy) is 1. The third-order valence-corrected chi connectivity index (χ3v) is 4.88. The van der Waals surface area contributed by atoms with E-state index in [2.05, 4.69) is 0 Å². The van der Waals surface area contributed by atoms with Gasteiger partial charge in [-0.2, -0.15) is 0 Å². The van der Waals surface area contributed by atoms with Crippen molar-refractivity contribution >= 4 is 17.4 Å². The summed E-state index contributed by atoms with van der Waals surface area (Å²) in [4.78, 5) is 23.1. The lowest BCUT2D eigenvalue weighted by molar-refractivity contribution is -0.144. The molecular weight excluding hydrogens is 371 g/mol. The summed E-state index contributed by atoms with van der Waals surface area (Å²) < 4.78 is 21.0. The number of nitrogens with two attached hydrogens (primary N) is 1. The molecule has 150 valence electrons. The number of hydrogen-bond acceptors (Lipinski definition) is 4. The zero-order chi connectivity index (χ0) is 21.1. The van der Waals surface area contributed by atoms with E-state index in [1.165, 1.54) is 12.1 Å². The summed E-state index contributed by atoms with van der Waals surface area (Å²) in [6, 6.07) is 13.7. The first-order valence-corrected chi connectivity index (χ1v) is 9.31. The number of aryl methyl sites for hydroxylation is 2. The quantitative estimate of drug-likeness (QED) is 0.420. The molecule has 2 aliphatic carbocycles. The Bertz CT molecular complexity index is 1070. The summed E-state index contributed by atoms with van der Waals surface area (Å²) in [7, 11) is 1.80. The van der Waals surface area contributed by atoms with Crippen LogP contribution in [0.3, 0.4) is 0 Å². The molecule has 1 unspecified atom stereocenters. The molecule has 2 aliphatic rings. The third kappa shape index (κ3) is 4.06. The van der Waals surface area contributed by atoms with E-state index in [0.717, 1.165) is 16.7 Å². The van der Waals surface area contributed by atoms with Crippen molar-refractivity contribution in [1.29, 1.82) is 0 Å². The van der Waals surface area contributed by atoms with Crippen LogP contribution in [0.25, 0.3) is 0 Å². The predicted molar refractivity (Wildman–Crippen MR) is 109 cm³/mol. The normalized spacial score (nSPS) is 12.5. The summed E-state index contributed by atoms with van der Waals surface area (Å²) in [6.07, 6.45) is 1.80. The van der Waals surface area contributed by atoms with Crippen molar-refractivity contribution in [2.75, 3.05) is 12.3 Å². The van der Waals surface area contributed by atoms with Gasteiger partial charge in [-0.05, 0) is 49.7 Å². The predicted octanol–water partition coefficient (Wildman–Crippen LogP) is 3.98. The average molecular weight is 394 g/mol. The minimum Gasteiger partial charge on any atom is -0.465 e. The number of nitrogen functional groups attached to an aromatic ring is 1. The van der Waals surface area contributed by atoms with E-state index in [0.29, 0.717) is 11.4 Å². The molecule has 0 amide bonds. The zero-order valence-electron chi connectivity index (χ0n) is 16.6. The van der Waals surface area contributed by atoms with Crippen molar-refractivity contribution < 1.29 is 18.7 Å². The van der Waals surface area contributed by atoms with Crippen LogP contribution in [-0.2, 0) is 16.6 Å². The minimum atomic E-state index is -0.796. The maximum Gasteiger partial charge on any atom is 0.319 e. The second-order valence-electron chi connectivity index (χ2n) is 6.87. The topological polar surface area (TPSA) is 74.3 Å². The molecule has 1 heterocycles. The Morgan fingerprint density at radius 2 is 1.97 bits per heavy atom. The highest BCUT2D eigenvalue weighted by atomic mass is 19.1. The molecule has 2 aromatic carbocycles. The number of ketones is 1. The van der Waals surface area contributed by atoms with Crippen LogP contribution in [0.1, 0.15) is 45.6 Å². The van der Waals surface area contributed by atoms with Crippen LogP contribution in [0, 0.1) is 12.7 Å². The molecule has 0 aliphatic heterocycles. The van der Waals surface area contributed by atoms with Crippen molar-refractivity contribution in [1.82, 2.24) is 4.57 Å². The molecule has 2 bridgehead atoms. The first kappa shape index (κ1) is 20.3. The highest BCUT2D eigenvalue weighted by Crippen LogP contribution is 2.29. The lowest BCUT2D eigenvalue weighted by Gasteiger charge is -2.18. The number of halogens is 1. The SMILES string of the molecule is CCOC(=O)C(c1ccc(N)cc1F)c1cccn1C.Cc1ccc2cc1C2=O. The molecule has 0 saturated heterocycles. The smallest absolute Gasteiger partial charge is 0.319 e. The van der Waals surface area contributed by atoms with Crippen LogP contribution in [0.15, 0.2) is 54.7 Å². The van der Waals surface area contributed by atoms with Gasteiger partial charge in [0.25, 0.3) is 0 Å². The number of carbonyl (C=O) groups excluding carboxylic acids is 2. The molecule has 0 saturated carbocycles. The van der Waals surface area contributed by atoms with E-state index in [1.807, 2.05) is 25.1 Å². The number of benzene rings is 2. The van der Waals surface area contributed by atoms with Crippen molar-refractivity contribution in [2.24, 2.45) is 7.05 Å². The number of hydrogen-bond donors (Lipinski definition) is 1. The van der Waals surface area contributed by atoms with Crippen LogP contribution in [-0.4, -0.2) is 22.9 Å². The molecule has 5 nitrogen and oxygen atoms in total. The minimum absolute atomic E-state index is 0.218. The molecule has 6 heteroatoms. The molecule has 29 heavy (non-hydrogen) atoms. The first-order valence-electron chi connectivity index (χ1n) is 9.31. The Hall–Kier alpha value is -3.41. The fourth-order valence-electron chi connectivity index (χ4n) is 3.27. The zero-order valence-corrected chi connectivity index (χ0v) is 16.6. The summed E-state index contributed by atoms with van der Waals surface area (Å²) in [5, 5.41) is 0. The lowest BCUT2D eigenvalue weighted by atomic mass is 9.88. The Balaban J connectivity index is 0.000000220. The van der Waals surface area contributed by atoms with Gasteiger partial charge in [-0.15, -0.1) is 0 Å². The standard InChI is InChI=1S/C15H17FN2O2.C8H6O/c1-3-20-15(19)14(13-5-4-8-18(13)2)11-7-6-10(17)9-12(11)16;1-5-2-3-6-4-7(5)8(6)9/h4-9,14H,3,17H2,1-2H3;2-4H,1H3. The van der Waals surface area contributed by atoms with Crippen LogP contribution >= 0.6 is 0 Å². The Morgan fingerprint density at radius 1 is 1.21 bits per heavy atom. The average Bonchev–Trinajstić information content (AvgIpc) is 3.09. The number of nitrogens with zero attached hydrogens (tertiary/aromatic N) is 1. The number of esters is 1. The van der Waals surface area contributed by atoms with Gasteiger partial charge >= 0.3 is 5.97 Å². The summed E-state index contributed by atoms with van der Waals surface area (Å²) in [6.45, 7) is 3.92. The van der Waals surface area contributed by atoms with Crippen LogP contribution in [0.4, 0.5) is 10.1 Å². The molecule has 2 N–H and O–H groups in total. The first-order chi connectivity index (χ1) is 13.8. The van der Waals surface area contributed by atoms with Crippen LogP contribution in [0.5, 0.6) is 0 Å². The monoisotopic (exact) mass is 394 g/mol. The third-order valence-electron chi connectivity index (χ3n) is 4.88. The van der Waals surface area contributed by atoms with Crippen molar-refractivity contribution in [3.8, 4) is 0 Å². The molecule has 0 spiro atoms. The Labute approximate surface area is 168 Å². The van der Waals surface area contributed by atoms with Gasteiger partial charge in [0.2, 0.25) is 0 Å². The molecule has 1 aromatic heterocycles. The number of aromatic nitrogens is 1. The number of carbonyl (C=O) groups is 2. The molecule has 0 fully saturated rings.